The highest BCUT2D eigenvalue weighted by Gasteiger charge is 2.34. The van der Waals surface area contributed by atoms with Gasteiger partial charge in [-0.2, -0.15) is 5.26 Å². The highest BCUT2D eigenvalue weighted by atomic mass is 14.4. The minimum absolute atomic E-state index is 0.760. The summed E-state index contributed by atoms with van der Waals surface area (Å²) in [6.07, 6.45) is 30.3. The molecule has 0 bridgehead atoms. The lowest BCUT2D eigenvalue weighted by Crippen LogP contribution is -2.29. The van der Waals surface area contributed by atoms with E-state index in [0.717, 1.165) is 48.3 Å². The first-order chi connectivity index (χ1) is 14.8. The van der Waals surface area contributed by atoms with E-state index in [9.17, 15) is 0 Å². The van der Waals surface area contributed by atoms with Gasteiger partial charge in [0.2, 0.25) is 0 Å². The second-order valence-electron chi connectivity index (χ2n) is 11.5. The molecule has 0 aliphatic heterocycles. The van der Waals surface area contributed by atoms with Gasteiger partial charge in [-0.15, -0.1) is 0 Å². The van der Waals surface area contributed by atoms with E-state index in [4.69, 9.17) is 5.26 Å². The molecule has 0 atom stereocenters. The Morgan fingerprint density at radius 1 is 0.533 bits per heavy atom. The zero-order valence-electron chi connectivity index (χ0n) is 20.3. The number of hydrogen-bond donors (Lipinski definition) is 0. The Labute approximate surface area is 188 Å². The smallest absolute Gasteiger partial charge is 0.0621 e. The van der Waals surface area contributed by atoms with Crippen molar-refractivity contribution in [2.24, 2.45) is 35.5 Å². The van der Waals surface area contributed by atoms with Crippen LogP contribution >= 0.6 is 0 Å². The zero-order chi connectivity index (χ0) is 21.0. The van der Waals surface area contributed by atoms with E-state index in [-0.39, 0.29) is 0 Å². The van der Waals surface area contributed by atoms with Crippen LogP contribution in [0.25, 0.3) is 0 Å². The second kappa shape index (κ2) is 13.8. The highest BCUT2D eigenvalue weighted by molar-refractivity contribution is 4.86. The quantitative estimate of drug-likeness (QED) is 0.309. The summed E-state index contributed by atoms with van der Waals surface area (Å²) in [6, 6.07) is 2.28. The van der Waals surface area contributed by atoms with Crippen LogP contribution in [0.5, 0.6) is 0 Å². The standard InChI is InChI=1S/C29H51N/c1-2-3-6-9-24-11-15-26(16-12-24)28-19-21-29(22-20-28)27-17-13-25(14-18-27)10-7-4-5-8-23-30/h24-29H,2-22H2,1H3. The van der Waals surface area contributed by atoms with Gasteiger partial charge in [-0.25, -0.2) is 0 Å². The molecule has 0 aromatic rings. The number of rotatable bonds is 11. The van der Waals surface area contributed by atoms with Crippen molar-refractivity contribution in [1.29, 1.82) is 5.26 Å². The van der Waals surface area contributed by atoms with Crippen LogP contribution in [-0.2, 0) is 0 Å². The third-order valence-electron chi connectivity index (χ3n) is 9.55. The van der Waals surface area contributed by atoms with Crippen LogP contribution in [0.2, 0.25) is 0 Å². The maximum atomic E-state index is 8.65. The van der Waals surface area contributed by atoms with Gasteiger partial charge in [0.05, 0.1) is 6.07 Å². The van der Waals surface area contributed by atoms with Gasteiger partial charge >= 0.3 is 0 Å². The summed E-state index contributed by atoms with van der Waals surface area (Å²) in [6.45, 7) is 2.33. The molecular weight excluding hydrogens is 362 g/mol. The first-order valence-corrected chi connectivity index (χ1v) is 14.2. The molecule has 172 valence electrons. The van der Waals surface area contributed by atoms with E-state index in [2.05, 4.69) is 13.0 Å². The minimum atomic E-state index is 0.760. The molecule has 0 radical (unpaired) electrons. The second-order valence-corrected chi connectivity index (χ2v) is 11.5. The molecule has 0 spiro atoms. The molecular formula is C29H51N. The fourth-order valence-corrected chi connectivity index (χ4v) is 7.48. The first-order valence-electron chi connectivity index (χ1n) is 14.2. The molecule has 3 saturated carbocycles. The lowest BCUT2D eigenvalue weighted by atomic mass is 9.64. The molecule has 0 unspecified atom stereocenters. The summed E-state index contributed by atoms with van der Waals surface area (Å²) in [5, 5.41) is 8.65. The Bertz CT molecular complexity index is 467. The monoisotopic (exact) mass is 413 g/mol. The Balaban J connectivity index is 1.26. The molecule has 1 heteroatoms. The van der Waals surface area contributed by atoms with Crippen LogP contribution in [0.1, 0.15) is 142 Å². The van der Waals surface area contributed by atoms with E-state index >= 15 is 0 Å². The lowest BCUT2D eigenvalue weighted by molar-refractivity contribution is 0.102. The molecule has 0 amide bonds. The normalized spacial score (nSPS) is 35.1. The number of nitrogens with zero attached hydrogens (tertiary/aromatic N) is 1. The Morgan fingerprint density at radius 2 is 0.933 bits per heavy atom. The molecule has 1 nitrogen and oxygen atoms in total. The van der Waals surface area contributed by atoms with Gasteiger partial charge in [-0.1, -0.05) is 77.6 Å². The van der Waals surface area contributed by atoms with Gasteiger partial charge in [0.25, 0.3) is 0 Å². The summed E-state index contributed by atoms with van der Waals surface area (Å²) >= 11 is 0. The van der Waals surface area contributed by atoms with Gasteiger partial charge in [0, 0.05) is 6.42 Å². The third kappa shape index (κ3) is 7.88. The van der Waals surface area contributed by atoms with Crippen molar-refractivity contribution in [3.63, 3.8) is 0 Å². The Kier molecular flexibility index (Phi) is 11.1. The number of nitriles is 1. The van der Waals surface area contributed by atoms with E-state index in [1.165, 1.54) is 70.6 Å². The Morgan fingerprint density at radius 3 is 1.33 bits per heavy atom. The van der Waals surface area contributed by atoms with Gasteiger partial charge < -0.3 is 0 Å². The van der Waals surface area contributed by atoms with Gasteiger partial charge in [-0.3, -0.25) is 0 Å². The summed E-state index contributed by atoms with van der Waals surface area (Å²) in [5.74, 6) is 6.39. The Hall–Kier alpha value is -0.510. The fourth-order valence-electron chi connectivity index (χ4n) is 7.48. The maximum Gasteiger partial charge on any atom is 0.0621 e. The van der Waals surface area contributed by atoms with Crippen LogP contribution in [0.15, 0.2) is 0 Å². The third-order valence-corrected chi connectivity index (χ3v) is 9.55. The SMILES string of the molecule is CCCCCC1CCC(C2CCC(C3CCC(CCCCCC#N)CC3)CC2)CC1. The minimum Gasteiger partial charge on any atom is -0.198 e. The molecule has 3 rings (SSSR count). The molecule has 3 aliphatic carbocycles. The predicted molar refractivity (Wildman–Crippen MR) is 129 cm³/mol. The van der Waals surface area contributed by atoms with E-state index in [0.29, 0.717) is 0 Å². The molecule has 0 heterocycles. The van der Waals surface area contributed by atoms with Crippen molar-refractivity contribution >= 4 is 0 Å². The highest BCUT2D eigenvalue weighted by Crippen LogP contribution is 2.46. The van der Waals surface area contributed by atoms with Crippen LogP contribution in [0.4, 0.5) is 0 Å². The average Bonchev–Trinajstić information content (AvgIpc) is 2.80. The van der Waals surface area contributed by atoms with Crippen LogP contribution in [-0.4, -0.2) is 0 Å². The fraction of sp³-hybridized carbons (Fsp3) is 0.966. The van der Waals surface area contributed by atoms with Crippen molar-refractivity contribution in [2.75, 3.05) is 0 Å². The van der Waals surface area contributed by atoms with Crippen LogP contribution in [0.3, 0.4) is 0 Å². The molecule has 0 N–H and O–H groups in total. The van der Waals surface area contributed by atoms with Gasteiger partial charge in [-0.05, 0) is 93.3 Å². The molecule has 0 saturated heterocycles. The first kappa shape index (κ1) is 24.1. The molecule has 30 heavy (non-hydrogen) atoms. The van der Waals surface area contributed by atoms with Gasteiger partial charge in [0.15, 0.2) is 0 Å². The van der Waals surface area contributed by atoms with Gasteiger partial charge in [0.1, 0.15) is 0 Å². The summed E-state index contributed by atoms with van der Waals surface area (Å²) < 4.78 is 0. The molecule has 3 aliphatic rings. The molecule has 3 fully saturated rings. The predicted octanol–water partition coefficient (Wildman–Crippen LogP) is 9.46. The van der Waals surface area contributed by atoms with Crippen LogP contribution < -0.4 is 0 Å². The van der Waals surface area contributed by atoms with E-state index < -0.39 is 0 Å². The molecule has 0 aromatic heterocycles. The van der Waals surface area contributed by atoms with Crippen molar-refractivity contribution in [2.45, 2.75) is 142 Å². The van der Waals surface area contributed by atoms with E-state index in [1.807, 2.05) is 0 Å². The van der Waals surface area contributed by atoms with E-state index in [1.54, 1.807) is 51.4 Å². The maximum absolute atomic E-state index is 8.65. The van der Waals surface area contributed by atoms with Crippen molar-refractivity contribution < 1.29 is 0 Å². The van der Waals surface area contributed by atoms with Crippen molar-refractivity contribution in [3.8, 4) is 6.07 Å². The number of unbranched alkanes of at least 4 members (excludes halogenated alkanes) is 5. The van der Waals surface area contributed by atoms with Crippen molar-refractivity contribution in [1.82, 2.24) is 0 Å². The topological polar surface area (TPSA) is 23.8 Å². The summed E-state index contributed by atoms with van der Waals surface area (Å²) in [4.78, 5) is 0. The summed E-state index contributed by atoms with van der Waals surface area (Å²) in [5.41, 5.74) is 0. The van der Waals surface area contributed by atoms with Crippen LogP contribution in [0, 0.1) is 46.8 Å². The zero-order valence-corrected chi connectivity index (χ0v) is 20.3. The lowest BCUT2D eigenvalue weighted by Gasteiger charge is -2.41. The summed E-state index contributed by atoms with van der Waals surface area (Å²) in [7, 11) is 0. The van der Waals surface area contributed by atoms with Crippen molar-refractivity contribution in [3.05, 3.63) is 0 Å². The number of hydrogen-bond acceptors (Lipinski definition) is 1. The largest absolute Gasteiger partial charge is 0.198 e. The average molecular weight is 414 g/mol. The molecule has 0 aromatic carbocycles.